The third-order valence-corrected chi connectivity index (χ3v) is 4.93. The van der Waals surface area contributed by atoms with Crippen LogP contribution in [0.25, 0.3) is 0 Å². The fourth-order valence-electron chi connectivity index (χ4n) is 2.69. The molecule has 1 N–H and O–H groups in total. The van der Waals surface area contributed by atoms with Gasteiger partial charge >= 0.3 is 0 Å². The van der Waals surface area contributed by atoms with Crippen LogP contribution in [0.1, 0.15) is 16.8 Å². The van der Waals surface area contributed by atoms with Crippen LogP contribution in [0.5, 0.6) is 11.5 Å². The van der Waals surface area contributed by atoms with Gasteiger partial charge in [-0.3, -0.25) is 19.6 Å². The van der Waals surface area contributed by atoms with E-state index in [9.17, 15) is 14.9 Å². The van der Waals surface area contributed by atoms with Gasteiger partial charge in [0.2, 0.25) is 5.91 Å². The van der Waals surface area contributed by atoms with Crippen molar-refractivity contribution in [2.24, 2.45) is 0 Å². The van der Waals surface area contributed by atoms with Crippen molar-refractivity contribution in [1.82, 2.24) is 9.78 Å². The van der Waals surface area contributed by atoms with Crippen LogP contribution in [0, 0.1) is 30.9 Å². The minimum absolute atomic E-state index is 0.0255. The van der Waals surface area contributed by atoms with Gasteiger partial charge in [0.1, 0.15) is 18.0 Å². The number of anilines is 1. The molecule has 0 radical (unpaired) electrons. The maximum atomic E-state index is 12.4. The lowest BCUT2D eigenvalue weighted by Crippen LogP contribution is -2.19. The number of nitro benzene ring substituents is 1. The number of amides is 1. The standard InChI is InChI=1S/C20H19BrN4O4/c1-12-4-5-13(2)19(6-12)29-17-8-15(7-16(9-17)25(27)28)22-20(26)11-24-10-18(21)14(3)23-24/h4-10H,11H2,1-3H3,(H,22,26). The van der Waals surface area contributed by atoms with Crippen LogP contribution < -0.4 is 10.1 Å². The molecule has 0 unspecified atom stereocenters. The van der Waals surface area contributed by atoms with Gasteiger partial charge in [-0.15, -0.1) is 0 Å². The molecule has 3 aromatic rings. The maximum Gasteiger partial charge on any atom is 0.275 e. The van der Waals surface area contributed by atoms with Gasteiger partial charge in [0, 0.05) is 18.3 Å². The van der Waals surface area contributed by atoms with Crippen LogP contribution in [-0.4, -0.2) is 20.6 Å². The van der Waals surface area contributed by atoms with Gasteiger partial charge in [0.15, 0.2) is 0 Å². The van der Waals surface area contributed by atoms with Gasteiger partial charge in [0.25, 0.3) is 5.69 Å². The smallest absolute Gasteiger partial charge is 0.275 e. The number of nitrogens with zero attached hydrogens (tertiary/aromatic N) is 3. The molecule has 0 bridgehead atoms. The molecule has 1 aromatic heterocycles. The molecular weight excluding hydrogens is 440 g/mol. The first-order valence-electron chi connectivity index (χ1n) is 8.75. The normalized spacial score (nSPS) is 10.6. The van der Waals surface area contributed by atoms with E-state index in [1.165, 1.54) is 16.8 Å². The molecule has 1 amide bonds. The minimum atomic E-state index is -0.528. The van der Waals surface area contributed by atoms with E-state index in [-0.39, 0.29) is 29.6 Å². The van der Waals surface area contributed by atoms with E-state index in [1.807, 2.05) is 39.0 Å². The number of rotatable bonds is 6. The second-order valence-electron chi connectivity index (χ2n) is 6.65. The Morgan fingerprint density at radius 2 is 2.00 bits per heavy atom. The Morgan fingerprint density at radius 3 is 2.66 bits per heavy atom. The first-order valence-corrected chi connectivity index (χ1v) is 9.54. The van der Waals surface area contributed by atoms with Gasteiger partial charge in [-0.2, -0.15) is 5.10 Å². The number of carbonyl (C=O) groups excluding carboxylic acids is 1. The highest BCUT2D eigenvalue weighted by Gasteiger charge is 2.14. The first-order chi connectivity index (χ1) is 13.7. The number of hydrogen-bond donors (Lipinski definition) is 1. The molecule has 150 valence electrons. The highest BCUT2D eigenvalue weighted by Crippen LogP contribution is 2.31. The molecule has 8 nitrogen and oxygen atoms in total. The molecule has 0 fully saturated rings. The number of nitrogens with one attached hydrogen (secondary N) is 1. The van der Waals surface area contributed by atoms with E-state index in [4.69, 9.17) is 4.74 Å². The van der Waals surface area contributed by atoms with Crippen LogP contribution in [0.3, 0.4) is 0 Å². The van der Waals surface area contributed by atoms with Crippen molar-refractivity contribution < 1.29 is 14.5 Å². The summed E-state index contributed by atoms with van der Waals surface area (Å²) in [5.74, 6) is 0.499. The van der Waals surface area contributed by atoms with Crippen LogP contribution in [0.4, 0.5) is 11.4 Å². The van der Waals surface area contributed by atoms with E-state index < -0.39 is 4.92 Å². The highest BCUT2D eigenvalue weighted by atomic mass is 79.9. The highest BCUT2D eigenvalue weighted by molar-refractivity contribution is 9.10. The van der Waals surface area contributed by atoms with Crippen molar-refractivity contribution in [3.8, 4) is 11.5 Å². The van der Waals surface area contributed by atoms with Gasteiger partial charge in [0.05, 0.1) is 26.8 Å². The topological polar surface area (TPSA) is 99.3 Å². The summed E-state index contributed by atoms with van der Waals surface area (Å²) in [6.45, 7) is 5.61. The summed E-state index contributed by atoms with van der Waals surface area (Å²) in [5, 5.41) is 18.2. The molecule has 2 aromatic carbocycles. The van der Waals surface area contributed by atoms with Gasteiger partial charge in [-0.25, -0.2) is 0 Å². The van der Waals surface area contributed by atoms with Crippen molar-refractivity contribution in [1.29, 1.82) is 0 Å². The number of aryl methyl sites for hydroxylation is 3. The van der Waals surface area contributed by atoms with Crippen molar-refractivity contribution in [2.45, 2.75) is 27.3 Å². The van der Waals surface area contributed by atoms with E-state index in [0.29, 0.717) is 5.75 Å². The average Bonchev–Trinajstić information content (AvgIpc) is 2.95. The Balaban J connectivity index is 1.83. The largest absolute Gasteiger partial charge is 0.457 e. The molecule has 1 heterocycles. The SMILES string of the molecule is Cc1ccc(C)c(Oc2cc(NC(=O)Cn3cc(Br)c(C)n3)cc([N+](=O)[O-])c2)c1. The fourth-order valence-corrected chi connectivity index (χ4v) is 3.00. The Labute approximate surface area is 175 Å². The van der Waals surface area contributed by atoms with Crippen LogP contribution >= 0.6 is 15.9 Å². The average molecular weight is 459 g/mol. The van der Waals surface area contributed by atoms with E-state index in [0.717, 1.165) is 21.3 Å². The fraction of sp³-hybridized carbons (Fsp3) is 0.200. The number of benzene rings is 2. The minimum Gasteiger partial charge on any atom is -0.457 e. The molecule has 0 aliphatic carbocycles. The Hall–Kier alpha value is -3.20. The van der Waals surface area contributed by atoms with E-state index in [2.05, 4.69) is 26.3 Å². The van der Waals surface area contributed by atoms with Crippen LogP contribution in [0.2, 0.25) is 0 Å². The third kappa shape index (κ3) is 5.20. The zero-order chi connectivity index (χ0) is 21.1. The summed E-state index contributed by atoms with van der Waals surface area (Å²) in [6, 6.07) is 9.89. The number of carbonyl (C=O) groups is 1. The number of halogens is 1. The number of non-ortho nitro benzene ring substituents is 1. The molecule has 0 saturated carbocycles. The zero-order valence-corrected chi connectivity index (χ0v) is 17.7. The van der Waals surface area contributed by atoms with Crippen molar-refractivity contribution >= 4 is 33.2 Å². The lowest BCUT2D eigenvalue weighted by molar-refractivity contribution is -0.384. The summed E-state index contributed by atoms with van der Waals surface area (Å²) in [7, 11) is 0. The molecule has 0 saturated heterocycles. The summed E-state index contributed by atoms with van der Waals surface area (Å²) in [6.07, 6.45) is 1.69. The Morgan fingerprint density at radius 1 is 1.24 bits per heavy atom. The number of ether oxygens (including phenoxy) is 1. The van der Waals surface area contributed by atoms with Crippen molar-refractivity contribution in [3.05, 3.63) is 74.0 Å². The second kappa shape index (κ2) is 8.44. The van der Waals surface area contributed by atoms with Crippen LogP contribution in [-0.2, 0) is 11.3 Å². The van der Waals surface area contributed by atoms with E-state index >= 15 is 0 Å². The zero-order valence-electron chi connectivity index (χ0n) is 16.1. The number of nitro groups is 1. The second-order valence-corrected chi connectivity index (χ2v) is 7.51. The summed E-state index contributed by atoms with van der Waals surface area (Å²) >= 11 is 3.34. The third-order valence-electron chi connectivity index (χ3n) is 4.15. The molecule has 29 heavy (non-hydrogen) atoms. The molecule has 0 aliphatic heterocycles. The summed E-state index contributed by atoms with van der Waals surface area (Å²) < 4.78 is 8.14. The Kier molecular flexibility index (Phi) is 5.97. The van der Waals surface area contributed by atoms with Gasteiger partial charge in [-0.05, 0) is 53.9 Å². The Bertz CT molecular complexity index is 1070. The molecule has 0 atom stereocenters. The predicted molar refractivity (Wildman–Crippen MR) is 112 cm³/mol. The molecular formula is C20H19BrN4O4. The monoisotopic (exact) mass is 458 g/mol. The van der Waals surface area contributed by atoms with Gasteiger partial charge < -0.3 is 10.1 Å². The molecule has 3 rings (SSSR count). The molecule has 9 heteroatoms. The number of hydrogen-bond acceptors (Lipinski definition) is 5. The summed E-state index contributed by atoms with van der Waals surface area (Å²) in [4.78, 5) is 23.1. The predicted octanol–water partition coefficient (Wildman–Crippen LogP) is 4.91. The van der Waals surface area contributed by atoms with Gasteiger partial charge in [-0.1, -0.05) is 12.1 Å². The summed E-state index contributed by atoms with van der Waals surface area (Å²) in [5.41, 5.74) is 2.75. The van der Waals surface area contributed by atoms with Crippen molar-refractivity contribution in [3.63, 3.8) is 0 Å². The number of aromatic nitrogens is 2. The van der Waals surface area contributed by atoms with Crippen LogP contribution in [0.15, 0.2) is 47.1 Å². The van der Waals surface area contributed by atoms with Crippen molar-refractivity contribution in [2.75, 3.05) is 5.32 Å². The quantitative estimate of drug-likeness (QED) is 0.417. The lowest BCUT2D eigenvalue weighted by atomic mass is 10.1. The molecule has 0 spiro atoms. The lowest BCUT2D eigenvalue weighted by Gasteiger charge is -2.12. The maximum absolute atomic E-state index is 12.4. The first kappa shape index (κ1) is 20.5. The van der Waals surface area contributed by atoms with E-state index in [1.54, 1.807) is 12.3 Å². The molecule has 0 aliphatic rings.